The van der Waals surface area contributed by atoms with Crippen molar-refractivity contribution in [1.29, 1.82) is 0 Å². The summed E-state index contributed by atoms with van der Waals surface area (Å²) in [6.07, 6.45) is 0.395. The number of nitrogens with zero attached hydrogens (tertiary/aromatic N) is 1. The molecule has 1 rings (SSSR count). The summed E-state index contributed by atoms with van der Waals surface area (Å²) in [5.41, 5.74) is -0.236. The fourth-order valence-corrected chi connectivity index (χ4v) is 2.54. The van der Waals surface area contributed by atoms with Crippen LogP contribution < -0.4 is 5.32 Å². The largest absolute Gasteiger partial charge is 0.461 e. The molecule has 0 aliphatic heterocycles. The van der Waals surface area contributed by atoms with E-state index >= 15 is 0 Å². The van der Waals surface area contributed by atoms with Crippen molar-refractivity contribution in [2.75, 3.05) is 13.7 Å². The van der Waals surface area contributed by atoms with Gasteiger partial charge in [-0.1, -0.05) is 0 Å². The molecule has 0 aliphatic carbocycles. The number of hydrogen-bond acceptors (Lipinski definition) is 7. The minimum Gasteiger partial charge on any atom is -0.461 e. The quantitative estimate of drug-likeness (QED) is 0.767. The zero-order valence-corrected chi connectivity index (χ0v) is 15.5. The summed E-state index contributed by atoms with van der Waals surface area (Å²) < 4.78 is 10.7. The van der Waals surface area contributed by atoms with Crippen LogP contribution in [-0.2, 0) is 14.3 Å². The molecule has 0 bridgehead atoms. The Hall–Kier alpha value is -1.47. The molecular weight excluding hydrogens is 316 g/mol. The Morgan fingerprint density at radius 1 is 1.39 bits per heavy atom. The van der Waals surface area contributed by atoms with Crippen LogP contribution in [0.4, 0.5) is 0 Å². The first kappa shape index (κ1) is 19.6. The van der Waals surface area contributed by atoms with E-state index in [-0.39, 0.29) is 24.5 Å². The molecule has 0 saturated heterocycles. The highest BCUT2D eigenvalue weighted by Crippen LogP contribution is 2.17. The molecule has 0 amide bonds. The molecule has 6 nitrogen and oxygen atoms in total. The lowest BCUT2D eigenvalue weighted by Crippen LogP contribution is -2.40. The van der Waals surface area contributed by atoms with Crippen molar-refractivity contribution < 1.29 is 19.1 Å². The molecule has 0 aliphatic rings. The first-order chi connectivity index (χ1) is 10.6. The van der Waals surface area contributed by atoms with Gasteiger partial charge in [0.2, 0.25) is 0 Å². The fraction of sp³-hybridized carbons (Fsp3) is 0.688. The van der Waals surface area contributed by atoms with Crippen molar-refractivity contribution >= 4 is 23.3 Å². The molecule has 7 heteroatoms. The molecule has 1 N–H and O–H groups in total. The Morgan fingerprint density at radius 2 is 2.04 bits per heavy atom. The molecule has 130 valence electrons. The lowest BCUT2D eigenvalue weighted by atomic mass is 9.97. The zero-order valence-electron chi connectivity index (χ0n) is 14.6. The fourth-order valence-electron chi connectivity index (χ4n) is 1.96. The van der Waals surface area contributed by atoms with Gasteiger partial charge in [0.05, 0.1) is 17.5 Å². The van der Waals surface area contributed by atoms with E-state index in [1.807, 2.05) is 34.6 Å². The minimum absolute atomic E-state index is 0.0786. The van der Waals surface area contributed by atoms with Crippen LogP contribution in [0.1, 0.15) is 49.6 Å². The molecule has 0 spiro atoms. The molecule has 1 aromatic heterocycles. The smallest absolute Gasteiger partial charge is 0.357 e. The summed E-state index contributed by atoms with van der Waals surface area (Å²) >= 11 is 1.40. The first-order valence-electron chi connectivity index (χ1n) is 7.63. The van der Waals surface area contributed by atoms with Crippen molar-refractivity contribution in [1.82, 2.24) is 10.3 Å². The van der Waals surface area contributed by atoms with Gasteiger partial charge in [-0.05, 0) is 48.1 Å². The van der Waals surface area contributed by atoms with Gasteiger partial charge in [0.15, 0.2) is 5.69 Å². The minimum atomic E-state index is -0.544. The van der Waals surface area contributed by atoms with Gasteiger partial charge in [-0.3, -0.25) is 4.79 Å². The highest BCUT2D eigenvalue weighted by atomic mass is 32.1. The molecule has 23 heavy (non-hydrogen) atoms. The van der Waals surface area contributed by atoms with Gasteiger partial charge in [-0.25, -0.2) is 9.78 Å². The molecule has 1 heterocycles. The van der Waals surface area contributed by atoms with E-state index in [2.05, 4.69) is 10.3 Å². The number of thiazole rings is 1. The number of carbonyl (C=O) groups excluding carboxylic acids is 2. The third-order valence-electron chi connectivity index (χ3n) is 3.26. The van der Waals surface area contributed by atoms with Crippen molar-refractivity contribution in [3.63, 3.8) is 0 Å². The van der Waals surface area contributed by atoms with Crippen molar-refractivity contribution in [3.05, 3.63) is 16.1 Å². The summed E-state index contributed by atoms with van der Waals surface area (Å²) in [5, 5.41) is 5.53. The van der Waals surface area contributed by atoms with Gasteiger partial charge in [-0.15, -0.1) is 11.3 Å². The zero-order chi connectivity index (χ0) is 17.6. The third kappa shape index (κ3) is 6.66. The van der Waals surface area contributed by atoms with E-state index in [9.17, 15) is 9.59 Å². The van der Waals surface area contributed by atoms with E-state index in [4.69, 9.17) is 9.47 Å². The lowest BCUT2D eigenvalue weighted by molar-refractivity contribution is -0.161. The Kier molecular flexibility index (Phi) is 7.15. The molecule has 1 unspecified atom stereocenters. The van der Waals surface area contributed by atoms with Crippen molar-refractivity contribution in [2.45, 2.75) is 52.7 Å². The Balaban J connectivity index is 2.57. The van der Waals surface area contributed by atoms with Gasteiger partial charge in [0.25, 0.3) is 0 Å². The van der Waals surface area contributed by atoms with Gasteiger partial charge in [0, 0.05) is 11.4 Å². The second kappa shape index (κ2) is 8.40. The van der Waals surface area contributed by atoms with Gasteiger partial charge >= 0.3 is 11.9 Å². The number of carbonyl (C=O) groups is 2. The number of nitrogens with one attached hydrogen (secondary N) is 1. The van der Waals surface area contributed by atoms with Crippen molar-refractivity contribution in [3.8, 4) is 0 Å². The van der Waals surface area contributed by atoms with E-state index in [1.165, 1.54) is 11.3 Å². The number of esters is 2. The molecule has 0 radical (unpaired) electrons. The maximum atomic E-state index is 12.3. The van der Waals surface area contributed by atoms with E-state index < -0.39 is 11.6 Å². The van der Waals surface area contributed by atoms with Crippen LogP contribution in [0.15, 0.2) is 5.38 Å². The van der Waals surface area contributed by atoms with Crippen LogP contribution in [0.2, 0.25) is 0 Å². The SMILES string of the molecule is CNC(C)[C@@H](CCOC(=O)c1csc(C)n1)C(=O)OC(C)(C)C. The molecule has 0 fully saturated rings. The molecule has 1 aromatic rings. The van der Waals surface area contributed by atoms with Crippen LogP contribution in [0.25, 0.3) is 0 Å². The predicted octanol–water partition coefficient (Wildman–Crippen LogP) is 2.56. The summed E-state index contributed by atoms with van der Waals surface area (Å²) in [7, 11) is 1.78. The number of rotatable bonds is 7. The molecular formula is C16H26N2O4S. The Labute approximate surface area is 141 Å². The highest BCUT2D eigenvalue weighted by Gasteiger charge is 2.29. The van der Waals surface area contributed by atoms with E-state index in [0.29, 0.717) is 12.1 Å². The van der Waals surface area contributed by atoms with Gasteiger partial charge in [-0.2, -0.15) is 0 Å². The number of aromatic nitrogens is 1. The third-order valence-corrected chi connectivity index (χ3v) is 4.03. The van der Waals surface area contributed by atoms with Gasteiger partial charge in [0.1, 0.15) is 5.60 Å². The second-order valence-corrected chi connectivity index (χ2v) is 7.46. The van der Waals surface area contributed by atoms with Crippen LogP contribution >= 0.6 is 11.3 Å². The summed E-state index contributed by atoms with van der Waals surface area (Å²) in [5.74, 6) is -1.14. The van der Waals surface area contributed by atoms with Crippen LogP contribution in [-0.4, -0.2) is 42.2 Å². The second-order valence-electron chi connectivity index (χ2n) is 6.39. The summed E-state index contributed by atoms with van der Waals surface area (Å²) in [6, 6.07) is -0.0786. The number of aryl methyl sites for hydroxylation is 1. The van der Waals surface area contributed by atoms with Crippen LogP contribution in [0.3, 0.4) is 0 Å². The Morgan fingerprint density at radius 3 is 2.52 bits per heavy atom. The van der Waals surface area contributed by atoms with E-state index in [1.54, 1.807) is 12.4 Å². The summed E-state index contributed by atoms with van der Waals surface area (Å²) in [4.78, 5) is 28.2. The van der Waals surface area contributed by atoms with Crippen LogP contribution in [0.5, 0.6) is 0 Å². The van der Waals surface area contributed by atoms with Crippen LogP contribution in [0, 0.1) is 12.8 Å². The standard InChI is InChI=1S/C16H26N2O4S/c1-10(17-6)12(14(19)22-16(3,4)5)7-8-21-15(20)13-9-23-11(2)18-13/h9-10,12,17H,7-8H2,1-6H3/t10?,12-/m1/s1. The number of ether oxygens (including phenoxy) is 2. The average molecular weight is 342 g/mol. The molecule has 2 atom stereocenters. The predicted molar refractivity (Wildman–Crippen MR) is 89.6 cm³/mol. The van der Waals surface area contributed by atoms with E-state index in [0.717, 1.165) is 5.01 Å². The monoisotopic (exact) mass is 342 g/mol. The van der Waals surface area contributed by atoms with Crippen molar-refractivity contribution in [2.24, 2.45) is 5.92 Å². The lowest BCUT2D eigenvalue weighted by Gasteiger charge is -2.27. The maximum Gasteiger partial charge on any atom is 0.357 e. The number of hydrogen-bond donors (Lipinski definition) is 1. The normalized spacial score (nSPS) is 14.2. The topological polar surface area (TPSA) is 77.5 Å². The van der Waals surface area contributed by atoms with Gasteiger partial charge < -0.3 is 14.8 Å². The maximum absolute atomic E-state index is 12.3. The molecule has 0 aromatic carbocycles. The average Bonchev–Trinajstić information content (AvgIpc) is 2.87. The first-order valence-corrected chi connectivity index (χ1v) is 8.51. The summed E-state index contributed by atoms with van der Waals surface area (Å²) in [6.45, 7) is 9.36. The molecule has 0 saturated carbocycles. The highest BCUT2D eigenvalue weighted by molar-refractivity contribution is 7.09. The Bertz CT molecular complexity index is 536.